The van der Waals surface area contributed by atoms with Gasteiger partial charge in [-0.15, -0.1) is 0 Å². The Bertz CT molecular complexity index is 335. The van der Waals surface area contributed by atoms with E-state index in [-0.39, 0.29) is 30.4 Å². The number of rotatable bonds is 4. The molecule has 0 aromatic heterocycles. The first-order valence-corrected chi connectivity index (χ1v) is 7.48. The summed E-state index contributed by atoms with van der Waals surface area (Å²) in [7, 11) is 1.53. The molecule has 6 nitrogen and oxygen atoms in total. The Morgan fingerprint density at radius 3 is 2.65 bits per heavy atom. The summed E-state index contributed by atoms with van der Waals surface area (Å²) in [4.78, 5) is 25.6. The molecule has 1 unspecified atom stereocenters. The van der Waals surface area contributed by atoms with Crippen molar-refractivity contribution in [2.45, 2.75) is 31.7 Å². The van der Waals surface area contributed by atoms with E-state index >= 15 is 0 Å². The minimum Gasteiger partial charge on any atom is -0.375 e. The highest BCUT2D eigenvalue weighted by Crippen LogP contribution is 2.14. The summed E-state index contributed by atoms with van der Waals surface area (Å²) in [6.45, 7) is 3.36. The highest BCUT2D eigenvalue weighted by atomic mass is 16.5. The lowest BCUT2D eigenvalue weighted by Crippen LogP contribution is -2.50. The molecule has 6 heteroatoms. The molecule has 2 rings (SSSR count). The van der Waals surface area contributed by atoms with Gasteiger partial charge in [0.2, 0.25) is 11.8 Å². The predicted molar refractivity (Wildman–Crippen MR) is 75.2 cm³/mol. The lowest BCUT2D eigenvalue weighted by atomic mass is 9.97. The molecule has 2 amide bonds. The van der Waals surface area contributed by atoms with Gasteiger partial charge in [0.05, 0.1) is 5.92 Å². The first-order valence-electron chi connectivity index (χ1n) is 7.48. The van der Waals surface area contributed by atoms with Crippen molar-refractivity contribution in [2.24, 2.45) is 5.92 Å². The van der Waals surface area contributed by atoms with Crippen LogP contribution in [0.2, 0.25) is 0 Å². The lowest BCUT2D eigenvalue weighted by molar-refractivity contribution is -0.136. The molecule has 0 aliphatic carbocycles. The van der Waals surface area contributed by atoms with E-state index in [1.54, 1.807) is 0 Å². The van der Waals surface area contributed by atoms with Crippen LogP contribution < -0.4 is 10.6 Å². The van der Waals surface area contributed by atoms with Gasteiger partial charge < -0.3 is 20.3 Å². The number of ether oxygens (including phenoxy) is 1. The van der Waals surface area contributed by atoms with E-state index in [0.29, 0.717) is 13.1 Å². The Morgan fingerprint density at radius 1 is 1.30 bits per heavy atom. The van der Waals surface area contributed by atoms with Gasteiger partial charge in [0.25, 0.3) is 0 Å². The normalized spacial score (nSPS) is 24.4. The fraction of sp³-hybridized carbons (Fsp3) is 0.857. The number of nitrogens with one attached hydrogen (secondary N) is 2. The summed E-state index contributed by atoms with van der Waals surface area (Å²) in [6.07, 6.45) is 3.72. The van der Waals surface area contributed by atoms with E-state index in [4.69, 9.17) is 4.74 Å². The molecular formula is C14H25N3O3. The van der Waals surface area contributed by atoms with E-state index in [1.807, 2.05) is 4.90 Å². The van der Waals surface area contributed by atoms with Crippen LogP contribution in [0.15, 0.2) is 0 Å². The van der Waals surface area contributed by atoms with Crippen LogP contribution in [0.4, 0.5) is 0 Å². The quantitative estimate of drug-likeness (QED) is 0.746. The molecule has 0 radical (unpaired) electrons. The zero-order chi connectivity index (χ0) is 14.4. The van der Waals surface area contributed by atoms with Crippen molar-refractivity contribution >= 4 is 11.8 Å². The summed E-state index contributed by atoms with van der Waals surface area (Å²) in [5.74, 6) is 0.310. The van der Waals surface area contributed by atoms with Crippen molar-refractivity contribution in [1.29, 1.82) is 0 Å². The number of methoxy groups -OCH3 is 1. The number of hydrogen-bond donors (Lipinski definition) is 2. The number of nitrogens with zero attached hydrogens (tertiary/aromatic N) is 1. The van der Waals surface area contributed by atoms with E-state index in [9.17, 15) is 9.59 Å². The molecule has 2 aliphatic heterocycles. The molecule has 0 aromatic rings. The number of carbonyl (C=O) groups excluding carboxylic acids is 2. The van der Waals surface area contributed by atoms with E-state index < -0.39 is 0 Å². The molecule has 114 valence electrons. The molecule has 2 N–H and O–H groups in total. The van der Waals surface area contributed by atoms with Crippen molar-refractivity contribution in [3.63, 3.8) is 0 Å². The van der Waals surface area contributed by atoms with Crippen LogP contribution in [0.3, 0.4) is 0 Å². The first kappa shape index (κ1) is 15.3. The van der Waals surface area contributed by atoms with Gasteiger partial charge in [-0.2, -0.15) is 0 Å². The first-order chi connectivity index (χ1) is 9.70. The van der Waals surface area contributed by atoms with E-state index in [1.165, 1.54) is 7.11 Å². The summed E-state index contributed by atoms with van der Waals surface area (Å²) in [6, 6.07) is 0.205. The molecule has 0 spiro atoms. The SMILES string of the molecule is COCC(=O)N1CCC(NC(=O)C2CCCNC2)CC1. The molecular weight excluding hydrogens is 258 g/mol. The van der Waals surface area contributed by atoms with Gasteiger partial charge in [-0.25, -0.2) is 0 Å². The van der Waals surface area contributed by atoms with Crippen LogP contribution in [0.1, 0.15) is 25.7 Å². The average Bonchev–Trinajstić information content (AvgIpc) is 2.49. The monoisotopic (exact) mass is 283 g/mol. The van der Waals surface area contributed by atoms with Gasteiger partial charge in [0.15, 0.2) is 0 Å². The third-order valence-electron chi connectivity index (χ3n) is 4.13. The van der Waals surface area contributed by atoms with Gasteiger partial charge in [-0.1, -0.05) is 0 Å². The fourth-order valence-corrected chi connectivity index (χ4v) is 2.88. The summed E-state index contributed by atoms with van der Waals surface area (Å²) >= 11 is 0. The van der Waals surface area contributed by atoms with Crippen LogP contribution in [0, 0.1) is 5.92 Å². The lowest BCUT2D eigenvalue weighted by Gasteiger charge is -2.33. The summed E-state index contributed by atoms with van der Waals surface area (Å²) in [5, 5.41) is 6.39. The van der Waals surface area contributed by atoms with E-state index in [0.717, 1.165) is 38.8 Å². The molecule has 1 atom stereocenters. The van der Waals surface area contributed by atoms with Crippen molar-refractivity contribution in [1.82, 2.24) is 15.5 Å². The number of carbonyl (C=O) groups is 2. The van der Waals surface area contributed by atoms with E-state index in [2.05, 4.69) is 10.6 Å². The van der Waals surface area contributed by atoms with Crippen LogP contribution in [0.25, 0.3) is 0 Å². The topological polar surface area (TPSA) is 70.7 Å². The highest BCUT2D eigenvalue weighted by Gasteiger charge is 2.27. The highest BCUT2D eigenvalue weighted by molar-refractivity contribution is 5.79. The molecule has 2 fully saturated rings. The second-order valence-corrected chi connectivity index (χ2v) is 5.64. The molecule has 0 bridgehead atoms. The Morgan fingerprint density at radius 2 is 2.05 bits per heavy atom. The molecule has 2 saturated heterocycles. The second-order valence-electron chi connectivity index (χ2n) is 5.64. The maximum Gasteiger partial charge on any atom is 0.248 e. The number of hydrogen-bond acceptors (Lipinski definition) is 4. The maximum absolute atomic E-state index is 12.1. The minimum atomic E-state index is 0.0359. The Kier molecular flexibility index (Phi) is 5.79. The van der Waals surface area contributed by atoms with Crippen LogP contribution in [-0.2, 0) is 14.3 Å². The zero-order valence-electron chi connectivity index (χ0n) is 12.2. The smallest absolute Gasteiger partial charge is 0.248 e. The van der Waals surface area contributed by atoms with Gasteiger partial charge in [-0.05, 0) is 32.2 Å². The third kappa shape index (κ3) is 4.18. The van der Waals surface area contributed by atoms with Crippen molar-refractivity contribution in [2.75, 3.05) is 39.9 Å². The molecule has 20 heavy (non-hydrogen) atoms. The van der Waals surface area contributed by atoms with Crippen molar-refractivity contribution in [3.8, 4) is 0 Å². The average molecular weight is 283 g/mol. The van der Waals surface area contributed by atoms with Gasteiger partial charge in [0.1, 0.15) is 6.61 Å². The summed E-state index contributed by atoms with van der Waals surface area (Å²) in [5.41, 5.74) is 0. The van der Waals surface area contributed by atoms with Gasteiger partial charge >= 0.3 is 0 Å². The maximum atomic E-state index is 12.1. The third-order valence-corrected chi connectivity index (χ3v) is 4.13. The number of piperidine rings is 2. The fourth-order valence-electron chi connectivity index (χ4n) is 2.88. The molecule has 0 aromatic carbocycles. The Hall–Kier alpha value is -1.14. The molecule has 2 aliphatic rings. The second kappa shape index (κ2) is 7.59. The largest absolute Gasteiger partial charge is 0.375 e. The van der Waals surface area contributed by atoms with Gasteiger partial charge in [-0.3, -0.25) is 9.59 Å². The molecule has 0 saturated carbocycles. The van der Waals surface area contributed by atoms with Crippen LogP contribution in [-0.4, -0.2) is 62.7 Å². The number of amides is 2. The Labute approximate surface area is 120 Å². The van der Waals surface area contributed by atoms with Crippen molar-refractivity contribution in [3.05, 3.63) is 0 Å². The Balaban J connectivity index is 1.71. The van der Waals surface area contributed by atoms with Gasteiger partial charge in [0, 0.05) is 32.8 Å². The number of likely N-dealkylation sites (tertiary alicyclic amines) is 1. The van der Waals surface area contributed by atoms with Crippen molar-refractivity contribution < 1.29 is 14.3 Å². The summed E-state index contributed by atoms with van der Waals surface area (Å²) < 4.78 is 4.86. The van der Waals surface area contributed by atoms with Crippen LogP contribution >= 0.6 is 0 Å². The van der Waals surface area contributed by atoms with Crippen LogP contribution in [0.5, 0.6) is 0 Å². The molecule has 2 heterocycles. The standard InChI is InChI=1S/C14H25N3O3/c1-20-10-13(18)17-7-4-12(5-8-17)16-14(19)11-3-2-6-15-9-11/h11-12,15H,2-10H2,1H3,(H,16,19). The predicted octanol–water partition coefficient (Wildman–Crippen LogP) is -0.260. The minimum absolute atomic E-state index is 0.0359. The zero-order valence-corrected chi connectivity index (χ0v) is 12.2.